The van der Waals surface area contributed by atoms with Gasteiger partial charge in [-0.05, 0) is 45.1 Å². The second kappa shape index (κ2) is 8.12. The van der Waals surface area contributed by atoms with Gasteiger partial charge in [-0.3, -0.25) is 18.9 Å². The number of aromatic nitrogens is 2. The average molecular weight is 382 g/mol. The number of likely N-dealkylation sites (tertiary alicyclic amines) is 1. The highest BCUT2D eigenvalue weighted by atomic mass is 16.1. The third-order valence-electron chi connectivity index (χ3n) is 6.42. The Labute approximate surface area is 167 Å². The van der Waals surface area contributed by atoms with Gasteiger partial charge in [0.25, 0.3) is 0 Å². The molecule has 0 atom stereocenters. The van der Waals surface area contributed by atoms with Crippen molar-refractivity contribution in [1.82, 2.24) is 23.8 Å². The maximum atomic E-state index is 12.2. The monoisotopic (exact) mass is 381 g/mol. The highest BCUT2D eigenvalue weighted by Gasteiger charge is 2.26. The average Bonchev–Trinajstić information content (AvgIpc) is 2.94. The first-order valence-corrected chi connectivity index (χ1v) is 10.3. The van der Waals surface area contributed by atoms with Gasteiger partial charge < -0.3 is 4.90 Å². The van der Waals surface area contributed by atoms with E-state index in [9.17, 15) is 4.79 Å². The van der Waals surface area contributed by atoms with Crippen molar-refractivity contribution in [2.24, 2.45) is 14.1 Å². The van der Waals surface area contributed by atoms with E-state index in [0.29, 0.717) is 0 Å². The van der Waals surface area contributed by atoms with Crippen LogP contribution >= 0.6 is 0 Å². The van der Waals surface area contributed by atoms with Gasteiger partial charge in [0.2, 0.25) is 0 Å². The fraction of sp³-hybridized carbons (Fsp3) is 0.591. The molecule has 3 heterocycles. The summed E-state index contributed by atoms with van der Waals surface area (Å²) in [5.41, 5.74) is 2.79. The lowest BCUT2D eigenvalue weighted by molar-refractivity contribution is 0.0698. The van der Waals surface area contributed by atoms with Crippen LogP contribution in [0.2, 0.25) is 0 Å². The third-order valence-corrected chi connectivity index (χ3v) is 6.42. The normalized spacial score (nSPS) is 20.4. The maximum Gasteiger partial charge on any atom is 0.328 e. The number of hydrogen-bond acceptors (Lipinski definition) is 4. The van der Waals surface area contributed by atoms with Crippen molar-refractivity contribution in [3.8, 4) is 11.8 Å². The fourth-order valence-electron chi connectivity index (χ4n) is 4.57. The Bertz CT molecular complexity index is 947. The predicted molar refractivity (Wildman–Crippen MR) is 114 cm³/mol. The molecule has 1 aromatic carbocycles. The van der Waals surface area contributed by atoms with Crippen molar-refractivity contribution in [2.45, 2.75) is 18.9 Å². The molecule has 0 bridgehead atoms. The summed E-state index contributed by atoms with van der Waals surface area (Å²) in [7, 11) is 5.85. The summed E-state index contributed by atoms with van der Waals surface area (Å²) in [6, 6.07) is 6.73. The van der Waals surface area contributed by atoms with E-state index in [2.05, 4.69) is 33.6 Å². The second-order valence-electron chi connectivity index (χ2n) is 8.22. The predicted octanol–water partition coefficient (Wildman–Crippen LogP) is 0.940. The van der Waals surface area contributed by atoms with Crippen molar-refractivity contribution >= 4 is 11.0 Å². The molecule has 4 rings (SSSR count). The first kappa shape index (κ1) is 19.3. The van der Waals surface area contributed by atoms with E-state index in [0.717, 1.165) is 55.4 Å². The van der Waals surface area contributed by atoms with Gasteiger partial charge in [0.15, 0.2) is 0 Å². The Hall–Kier alpha value is -2.07. The molecule has 6 heteroatoms. The van der Waals surface area contributed by atoms with Crippen molar-refractivity contribution < 1.29 is 0 Å². The molecule has 0 amide bonds. The lowest BCUT2D eigenvalue weighted by atomic mass is 10.0. The molecule has 2 fully saturated rings. The third kappa shape index (κ3) is 3.75. The van der Waals surface area contributed by atoms with Crippen LogP contribution in [0.15, 0.2) is 23.0 Å². The molecule has 1 aromatic heterocycles. The number of imidazole rings is 1. The fourth-order valence-corrected chi connectivity index (χ4v) is 4.57. The molecule has 0 aliphatic carbocycles. The molecule has 28 heavy (non-hydrogen) atoms. The van der Waals surface area contributed by atoms with Gasteiger partial charge in [0.1, 0.15) is 0 Å². The largest absolute Gasteiger partial charge is 0.328 e. The molecule has 2 saturated heterocycles. The Kier molecular flexibility index (Phi) is 5.58. The molecule has 0 N–H and O–H groups in total. The number of hydrogen-bond donors (Lipinski definition) is 0. The highest BCUT2D eigenvalue weighted by molar-refractivity contribution is 5.82. The van der Waals surface area contributed by atoms with E-state index < -0.39 is 0 Å². The lowest BCUT2D eigenvalue weighted by Crippen LogP contribution is -2.52. The molecule has 0 unspecified atom stereocenters. The summed E-state index contributed by atoms with van der Waals surface area (Å²) in [5.74, 6) is 6.66. The van der Waals surface area contributed by atoms with Crippen LogP contribution in [-0.4, -0.2) is 82.7 Å². The van der Waals surface area contributed by atoms with Gasteiger partial charge in [0.05, 0.1) is 23.1 Å². The Morgan fingerprint density at radius 2 is 1.68 bits per heavy atom. The number of aryl methyl sites for hydroxylation is 2. The molecule has 150 valence electrons. The quantitative estimate of drug-likeness (QED) is 0.726. The summed E-state index contributed by atoms with van der Waals surface area (Å²) in [5, 5.41) is 0. The van der Waals surface area contributed by atoms with Gasteiger partial charge in [-0.15, -0.1) is 0 Å². The van der Waals surface area contributed by atoms with Crippen LogP contribution in [0.1, 0.15) is 18.4 Å². The van der Waals surface area contributed by atoms with E-state index in [1.165, 1.54) is 25.9 Å². The van der Waals surface area contributed by atoms with Gasteiger partial charge in [0, 0.05) is 46.3 Å². The minimum Gasteiger partial charge on any atom is -0.306 e. The van der Waals surface area contributed by atoms with Gasteiger partial charge in [-0.25, -0.2) is 4.79 Å². The molecule has 2 aliphatic heterocycles. The van der Waals surface area contributed by atoms with Crippen LogP contribution in [-0.2, 0) is 14.1 Å². The van der Waals surface area contributed by atoms with E-state index >= 15 is 0 Å². The molecule has 2 aromatic rings. The van der Waals surface area contributed by atoms with E-state index in [-0.39, 0.29) is 5.69 Å². The molecular weight excluding hydrogens is 350 g/mol. The Morgan fingerprint density at radius 3 is 2.39 bits per heavy atom. The van der Waals surface area contributed by atoms with Crippen LogP contribution in [0, 0.1) is 11.8 Å². The number of piperidine rings is 1. The molecular formula is C22H31N5O. The molecule has 2 aliphatic rings. The smallest absolute Gasteiger partial charge is 0.306 e. The zero-order valence-electron chi connectivity index (χ0n) is 17.3. The number of para-hydroxylation sites is 1. The molecule has 6 nitrogen and oxygen atoms in total. The van der Waals surface area contributed by atoms with Crippen molar-refractivity contribution in [2.75, 3.05) is 52.9 Å². The second-order valence-corrected chi connectivity index (χ2v) is 8.22. The van der Waals surface area contributed by atoms with Crippen molar-refractivity contribution in [1.29, 1.82) is 0 Å². The number of nitrogens with zero attached hydrogens (tertiary/aromatic N) is 5. The number of benzene rings is 1. The molecule has 0 saturated carbocycles. The summed E-state index contributed by atoms with van der Waals surface area (Å²) in [6.45, 7) is 7.73. The summed E-state index contributed by atoms with van der Waals surface area (Å²) in [4.78, 5) is 19.8. The maximum absolute atomic E-state index is 12.2. The Balaban J connectivity index is 1.37. The highest BCUT2D eigenvalue weighted by Crippen LogP contribution is 2.18. The standard InChI is InChI=1S/C22H31N5O/c1-23-12-9-19(10-13-23)27-16-14-26(15-17-27)11-5-7-18-6-4-8-20-21(18)25(3)22(28)24(20)2/h4,6,8,19H,9-17H2,1-3H3. The summed E-state index contributed by atoms with van der Waals surface area (Å²) < 4.78 is 3.38. The van der Waals surface area contributed by atoms with Crippen LogP contribution < -0.4 is 5.69 Å². The van der Waals surface area contributed by atoms with Gasteiger partial charge in [-0.1, -0.05) is 17.9 Å². The van der Waals surface area contributed by atoms with Crippen molar-refractivity contribution in [3.63, 3.8) is 0 Å². The van der Waals surface area contributed by atoms with Crippen molar-refractivity contribution in [3.05, 3.63) is 34.2 Å². The SMILES string of the molecule is CN1CCC(N2CCN(CC#Cc3cccc4c3n(C)c(=O)n4C)CC2)CC1. The minimum absolute atomic E-state index is 0.00530. The number of rotatable bonds is 2. The zero-order valence-corrected chi connectivity index (χ0v) is 17.3. The number of piperazine rings is 1. The lowest BCUT2D eigenvalue weighted by Gasteiger charge is -2.41. The van der Waals surface area contributed by atoms with E-state index in [1.807, 2.05) is 32.3 Å². The van der Waals surface area contributed by atoms with Crippen LogP contribution in [0.4, 0.5) is 0 Å². The van der Waals surface area contributed by atoms with E-state index in [1.54, 1.807) is 9.13 Å². The molecule has 0 spiro atoms. The number of fused-ring (bicyclic) bond motifs is 1. The Morgan fingerprint density at radius 1 is 0.964 bits per heavy atom. The van der Waals surface area contributed by atoms with Crippen LogP contribution in [0.25, 0.3) is 11.0 Å². The topological polar surface area (TPSA) is 36.6 Å². The van der Waals surface area contributed by atoms with Crippen LogP contribution in [0.5, 0.6) is 0 Å². The minimum atomic E-state index is -0.00530. The first-order valence-electron chi connectivity index (χ1n) is 10.3. The van der Waals surface area contributed by atoms with Gasteiger partial charge >= 0.3 is 5.69 Å². The van der Waals surface area contributed by atoms with Gasteiger partial charge in [-0.2, -0.15) is 0 Å². The first-order chi connectivity index (χ1) is 13.5. The molecule has 0 radical (unpaired) electrons. The van der Waals surface area contributed by atoms with E-state index in [4.69, 9.17) is 0 Å². The zero-order chi connectivity index (χ0) is 19.7. The summed E-state index contributed by atoms with van der Waals surface area (Å²) in [6.07, 6.45) is 2.60. The summed E-state index contributed by atoms with van der Waals surface area (Å²) >= 11 is 0. The van der Waals surface area contributed by atoms with Crippen LogP contribution in [0.3, 0.4) is 0 Å².